The lowest BCUT2D eigenvalue weighted by molar-refractivity contribution is 0.0841. The van der Waals surface area contributed by atoms with Gasteiger partial charge in [-0.15, -0.1) is 0 Å². The largest absolute Gasteiger partial charge is 0.303 e. The summed E-state index contributed by atoms with van der Waals surface area (Å²) in [4.78, 5) is 19.8. The maximum absolute atomic E-state index is 12.8. The third-order valence-corrected chi connectivity index (χ3v) is 6.43. The third-order valence-electron chi connectivity index (χ3n) is 5.82. The van der Waals surface area contributed by atoms with Gasteiger partial charge in [-0.3, -0.25) is 14.5 Å². The molecule has 0 aliphatic carbocycles. The van der Waals surface area contributed by atoms with Crippen molar-refractivity contribution in [2.24, 2.45) is 5.92 Å². The molecule has 0 amide bonds. The van der Waals surface area contributed by atoms with Crippen LogP contribution in [0.4, 0.5) is 5.69 Å². The van der Waals surface area contributed by atoms with Gasteiger partial charge in [0.25, 0.3) is 0 Å². The molecule has 3 rings (SSSR count). The van der Waals surface area contributed by atoms with E-state index in [1.54, 1.807) is 24.3 Å². The van der Waals surface area contributed by atoms with E-state index in [-0.39, 0.29) is 11.7 Å². The summed E-state index contributed by atoms with van der Waals surface area (Å²) < 4.78 is 25.0. The number of carbonyl (C=O) groups excluding carboxylic acids is 1. The fourth-order valence-electron chi connectivity index (χ4n) is 3.98. The Morgan fingerprint density at radius 1 is 1.10 bits per heavy atom. The highest BCUT2D eigenvalue weighted by molar-refractivity contribution is 7.92. The number of hydrogen-bond acceptors (Lipinski definition) is 5. The minimum absolute atomic E-state index is 0.0286. The molecule has 168 valence electrons. The summed E-state index contributed by atoms with van der Waals surface area (Å²) in [5.41, 5.74) is 3.55. The second-order valence-corrected chi connectivity index (χ2v) is 10.2. The highest BCUT2D eigenvalue weighted by atomic mass is 32.2. The summed E-state index contributed by atoms with van der Waals surface area (Å²) in [5.74, 6) is 0.177. The summed E-state index contributed by atoms with van der Waals surface area (Å²) in [7, 11) is -3.31. The van der Waals surface area contributed by atoms with Crippen molar-refractivity contribution in [3.05, 3.63) is 59.4 Å². The van der Waals surface area contributed by atoms with Gasteiger partial charge in [0.15, 0.2) is 5.78 Å². The lowest BCUT2D eigenvalue weighted by atomic mass is 9.89. The highest BCUT2D eigenvalue weighted by Gasteiger charge is 2.25. The minimum Gasteiger partial charge on any atom is -0.303 e. The smallest absolute Gasteiger partial charge is 0.229 e. The molecular formula is C24H33N3O3S. The Balaban J connectivity index is 1.44. The Hall–Kier alpha value is -2.25. The number of unbranched alkanes of at least 4 members (excludes halogenated alkanes) is 1. The maximum Gasteiger partial charge on any atom is 0.229 e. The number of anilines is 1. The quantitative estimate of drug-likeness (QED) is 0.563. The number of hydrogen-bond donors (Lipinski definition) is 1. The van der Waals surface area contributed by atoms with Crippen molar-refractivity contribution in [3.8, 4) is 0 Å². The van der Waals surface area contributed by atoms with Crippen molar-refractivity contribution in [1.82, 2.24) is 9.88 Å². The molecule has 1 saturated heterocycles. The predicted octanol–water partition coefficient (Wildman–Crippen LogP) is 3.93. The second kappa shape index (κ2) is 10.9. The molecule has 7 heteroatoms. The molecular weight excluding hydrogens is 410 g/mol. The molecule has 0 bridgehead atoms. The number of likely N-dealkylation sites (tertiary alicyclic amines) is 1. The van der Waals surface area contributed by atoms with Crippen molar-refractivity contribution in [2.45, 2.75) is 45.4 Å². The van der Waals surface area contributed by atoms with Gasteiger partial charge in [0.1, 0.15) is 0 Å². The predicted molar refractivity (Wildman–Crippen MR) is 125 cm³/mol. The van der Waals surface area contributed by atoms with Gasteiger partial charge in [0, 0.05) is 42.0 Å². The first-order chi connectivity index (χ1) is 14.8. The topological polar surface area (TPSA) is 79.4 Å². The zero-order valence-corrected chi connectivity index (χ0v) is 19.3. The van der Waals surface area contributed by atoms with Gasteiger partial charge in [0.05, 0.1) is 6.26 Å². The molecule has 0 atom stereocenters. The van der Waals surface area contributed by atoms with Crippen molar-refractivity contribution < 1.29 is 13.2 Å². The number of carbonyl (C=O) groups is 1. The number of nitrogens with zero attached hydrogens (tertiary/aromatic N) is 2. The Morgan fingerprint density at radius 2 is 1.81 bits per heavy atom. The molecule has 2 aromatic rings. The summed E-state index contributed by atoms with van der Waals surface area (Å²) in [6.07, 6.45) is 9.26. The van der Waals surface area contributed by atoms with Crippen molar-refractivity contribution >= 4 is 21.5 Å². The number of Topliss-reactive ketones (excluding diaryl/α,β-unsaturated/α-hetero) is 1. The summed E-state index contributed by atoms with van der Waals surface area (Å²) >= 11 is 0. The number of sulfonamides is 1. The minimum atomic E-state index is -3.31. The van der Waals surface area contributed by atoms with Crippen LogP contribution >= 0.6 is 0 Å². The molecule has 31 heavy (non-hydrogen) atoms. The second-order valence-electron chi connectivity index (χ2n) is 8.44. The van der Waals surface area contributed by atoms with E-state index in [9.17, 15) is 13.2 Å². The van der Waals surface area contributed by atoms with Gasteiger partial charge in [-0.1, -0.05) is 19.4 Å². The standard InChI is InChI=1S/C24H33N3O3S/c1-3-4-5-19-6-9-22(25-18-19)14-17-27-15-12-21(13-16-27)24(28)20-7-10-23(11-8-20)26-31(2,29)30/h6-11,18,21,26H,3-5,12-17H2,1-2H3. The van der Waals surface area contributed by atoms with E-state index in [0.717, 1.165) is 57.3 Å². The average molecular weight is 444 g/mol. The Kier molecular flexibility index (Phi) is 8.21. The van der Waals surface area contributed by atoms with Crippen LogP contribution in [0.25, 0.3) is 0 Å². The number of aromatic nitrogens is 1. The van der Waals surface area contributed by atoms with Crippen LogP contribution in [0.3, 0.4) is 0 Å². The molecule has 1 aliphatic rings. The maximum atomic E-state index is 12.8. The molecule has 0 unspecified atom stereocenters. The fraction of sp³-hybridized carbons (Fsp3) is 0.500. The first-order valence-corrected chi connectivity index (χ1v) is 13.0. The summed E-state index contributed by atoms with van der Waals surface area (Å²) in [5, 5.41) is 0. The Labute approximate surface area is 186 Å². The third kappa shape index (κ3) is 7.43. The van der Waals surface area contributed by atoms with Gasteiger partial charge in [-0.25, -0.2) is 8.42 Å². The average Bonchev–Trinajstić information content (AvgIpc) is 2.76. The van der Waals surface area contributed by atoms with Gasteiger partial charge in [-0.05, 0) is 74.7 Å². The van der Waals surface area contributed by atoms with E-state index < -0.39 is 10.0 Å². The summed E-state index contributed by atoms with van der Waals surface area (Å²) in [6.45, 7) is 5.00. The van der Waals surface area contributed by atoms with E-state index >= 15 is 0 Å². The molecule has 1 aromatic heterocycles. The van der Waals surface area contributed by atoms with Crippen molar-refractivity contribution in [1.29, 1.82) is 0 Å². The normalized spacial score (nSPS) is 15.7. The monoisotopic (exact) mass is 443 g/mol. The summed E-state index contributed by atoms with van der Waals surface area (Å²) in [6, 6.07) is 11.0. The number of pyridine rings is 1. The lowest BCUT2D eigenvalue weighted by Gasteiger charge is -2.31. The van der Waals surface area contributed by atoms with Crippen molar-refractivity contribution in [3.63, 3.8) is 0 Å². The van der Waals surface area contributed by atoms with Gasteiger partial charge in [0.2, 0.25) is 10.0 Å². The zero-order chi connectivity index (χ0) is 22.3. The fourth-order valence-corrected chi connectivity index (χ4v) is 4.54. The number of rotatable bonds is 10. The van der Waals surface area contributed by atoms with Crippen LogP contribution in [0.1, 0.15) is 54.2 Å². The van der Waals surface area contributed by atoms with Crippen LogP contribution in [0.15, 0.2) is 42.6 Å². The molecule has 1 aromatic carbocycles. The van der Waals surface area contributed by atoms with Crippen LogP contribution < -0.4 is 4.72 Å². The Bertz CT molecular complexity index is 949. The number of nitrogens with one attached hydrogen (secondary N) is 1. The van der Waals surface area contributed by atoms with E-state index in [0.29, 0.717) is 11.3 Å². The van der Waals surface area contributed by atoms with E-state index in [2.05, 4.69) is 33.7 Å². The lowest BCUT2D eigenvalue weighted by Crippen LogP contribution is -2.37. The molecule has 1 fully saturated rings. The van der Waals surface area contributed by atoms with Gasteiger partial charge in [-0.2, -0.15) is 0 Å². The molecule has 2 heterocycles. The van der Waals surface area contributed by atoms with Gasteiger partial charge < -0.3 is 4.90 Å². The van der Waals surface area contributed by atoms with Crippen LogP contribution in [0.2, 0.25) is 0 Å². The number of aryl methyl sites for hydroxylation is 1. The highest BCUT2D eigenvalue weighted by Crippen LogP contribution is 2.23. The zero-order valence-electron chi connectivity index (χ0n) is 18.5. The number of benzene rings is 1. The van der Waals surface area contributed by atoms with Crippen LogP contribution in [0, 0.1) is 5.92 Å². The molecule has 1 aliphatic heterocycles. The van der Waals surface area contributed by atoms with E-state index in [1.165, 1.54) is 18.4 Å². The van der Waals surface area contributed by atoms with Crippen molar-refractivity contribution in [2.75, 3.05) is 30.6 Å². The molecule has 0 spiro atoms. The first kappa shape index (κ1) is 23.4. The number of piperidine rings is 1. The molecule has 0 saturated carbocycles. The van der Waals surface area contributed by atoms with E-state index in [4.69, 9.17) is 0 Å². The van der Waals surface area contributed by atoms with Crippen LogP contribution in [-0.2, 0) is 22.9 Å². The Morgan fingerprint density at radius 3 is 2.39 bits per heavy atom. The molecule has 1 N–H and O–H groups in total. The molecule has 6 nitrogen and oxygen atoms in total. The first-order valence-electron chi connectivity index (χ1n) is 11.1. The van der Waals surface area contributed by atoms with Crippen LogP contribution in [0.5, 0.6) is 0 Å². The van der Waals surface area contributed by atoms with Gasteiger partial charge >= 0.3 is 0 Å². The number of ketones is 1. The van der Waals surface area contributed by atoms with E-state index in [1.807, 2.05) is 6.20 Å². The van der Waals surface area contributed by atoms with Crippen LogP contribution in [-0.4, -0.2) is 50.0 Å². The molecule has 0 radical (unpaired) electrons. The SMILES string of the molecule is CCCCc1ccc(CCN2CCC(C(=O)c3ccc(NS(C)(=O)=O)cc3)CC2)nc1.